The maximum absolute atomic E-state index is 14.2. The number of hydrogen-bond acceptors (Lipinski definition) is 4. The molecule has 0 fully saturated rings. The van der Waals surface area contributed by atoms with Crippen LogP contribution in [0.2, 0.25) is 0 Å². The van der Waals surface area contributed by atoms with Gasteiger partial charge in [0, 0.05) is 29.7 Å². The van der Waals surface area contributed by atoms with Gasteiger partial charge in [0.1, 0.15) is 11.5 Å². The molecule has 1 aromatic carbocycles. The van der Waals surface area contributed by atoms with Crippen LogP contribution < -0.4 is 0 Å². The van der Waals surface area contributed by atoms with Crippen molar-refractivity contribution in [2.45, 2.75) is 6.18 Å². The van der Waals surface area contributed by atoms with Crippen molar-refractivity contribution < 1.29 is 17.6 Å². The molecule has 0 radical (unpaired) electrons. The number of alkyl halides is 3. The summed E-state index contributed by atoms with van der Waals surface area (Å²) in [4.78, 5) is 15.4. The van der Waals surface area contributed by atoms with Crippen molar-refractivity contribution in [3.63, 3.8) is 0 Å². The molecule has 4 rings (SSSR count). The zero-order valence-corrected chi connectivity index (χ0v) is 12.9. The second-order valence-corrected chi connectivity index (χ2v) is 5.41. The number of aromatic nitrogens is 5. The van der Waals surface area contributed by atoms with Gasteiger partial charge in [-0.2, -0.15) is 13.2 Å². The molecule has 0 aliphatic heterocycles. The van der Waals surface area contributed by atoms with Gasteiger partial charge in [0.25, 0.3) is 0 Å². The fourth-order valence-corrected chi connectivity index (χ4v) is 2.56. The van der Waals surface area contributed by atoms with Crippen molar-refractivity contribution in [3.05, 3.63) is 66.8 Å². The van der Waals surface area contributed by atoms with Crippen LogP contribution in [0, 0.1) is 5.82 Å². The molecule has 0 saturated heterocycles. The molecule has 0 spiro atoms. The maximum Gasteiger partial charge on any atom is 0.433 e. The minimum atomic E-state index is -4.55. The summed E-state index contributed by atoms with van der Waals surface area (Å²) in [5, 5.41) is 0. The average molecular weight is 359 g/mol. The lowest BCUT2D eigenvalue weighted by Crippen LogP contribution is -2.09. The van der Waals surface area contributed by atoms with E-state index in [0.717, 1.165) is 6.07 Å². The molecule has 9 heteroatoms. The Hall–Kier alpha value is -3.36. The highest BCUT2D eigenvalue weighted by Gasteiger charge is 2.33. The highest BCUT2D eigenvalue weighted by atomic mass is 19.4. The Bertz CT molecular complexity index is 1090. The largest absolute Gasteiger partial charge is 0.433 e. The first-order valence-corrected chi connectivity index (χ1v) is 7.41. The van der Waals surface area contributed by atoms with Crippen LogP contribution in [0.15, 0.2) is 55.2 Å². The quantitative estimate of drug-likeness (QED) is 0.508. The molecule has 0 saturated carbocycles. The van der Waals surface area contributed by atoms with Gasteiger partial charge >= 0.3 is 6.18 Å². The van der Waals surface area contributed by atoms with Gasteiger partial charge < -0.3 is 0 Å². The number of benzene rings is 1. The Morgan fingerprint density at radius 1 is 0.962 bits per heavy atom. The van der Waals surface area contributed by atoms with Gasteiger partial charge in [-0.1, -0.05) is 0 Å². The fraction of sp³-hybridized carbons (Fsp3) is 0.0588. The maximum atomic E-state index is 14.2. The summed E-state index contributed by atoms with van der Waals surface area (Å²) in [5.41, 5.74) is 0.581. The highest BCUT2D eigenvalue weighted by Crippen LogP contribution is 2.30. The lowest BCUT2D eigenvalue weighted by Gasteiger charge is -2.08. The van der Waals surface area contributed by atoms with E-state index in [1.807, 2.05) is 0 Å². The Balaban J connectivity index is 1.84. The molecular weight excluding hydrogens is 350 g/mol. The van der Waals surface area contributed by atoms with E-state index in [9.17, 15) is 17.6 Å². The van der Waals surface area contributed by atoms with Gasteiger partial charge in [-0.3, -0.25) is 14.4 Å². The van der Waals surface area contributed by atoms with Crippen molar-refractivity contribution in [3.8, 4) is 22.5 Å². The third kappa shape index (κ3) is 2.77. The molecule has 0 bridgehead atoms. The average Bonchev–Trinajstić information content (AvgIpc) is 3.05. The summed E-state index contributed by atoms with van der Waals surface area (Å²) < 4.78 is 53.9. The first kappa shape index (κ1) is 16.1. The topological polar surface area (TPSA) is 56.0 Å². The number of imidazole rings is 1. The van der Waals surface area contributed by atoms with E-state index in [0.29, 0.717) is 17.0 Å². The van der Waals surface area contributed by atoms with Crippen molar-refractivity contribution in [1.29, 1.82) is 0 Å². The number of nitrogens with zero attached hydrogens (tertiary/aromatic N) is 5. The van der Waals surface area contributed by atoms with Crippen LogP contribution in [-0.2, 0) is 6.18 Å². The second-order valence-electron chi connectivity index (χ2n) is 5.41. The van der Waals surface area contributed by atoms with Crippen LogP contribution in [0.1, 0.15) is 5.69 Å². The summed E-state index contributed by atoms with van der Waals surface area (Å²) in [5.74, 6) is -0.583. The first-order chi connectivity index (χ1) is 12.4. The summed E-state index contributed by atoms with van der Waals surface area (Å²) in [6, 6.07) is 5.18. The van der Waals surface area contributed by atoms with Crippen molar-refractivity contribution in [2.24, 2.45) is 0 Å². The smallest absolute Gasteiger partial charge is 0.284 e. The van der Waals surface area contributed by atoms with E-state index in [1.165, 1.54) is 47.5 Å². The molecule has 26 heavy (non-hydrogen) atoms. The van der Waals surface area contributed by atoms with Crippen molar-refractivity contribution in [2.75, 3.05) is 0 Å². The predicted octanol–water partition coefficient (Wildman–Crippen LogP) is 4.01. The van der Waals surface area contributed by atoms with Crippen LogP contribution in [0.25, 0.3) is 28.3 Å². The van der Waals surface area contributed by atoms with Crippen LogP contribution in [-0.4, -0.2) is 24.3 Å². The van der Waals surface area contributed by atoms with E-state index >= 15 is 0 Å². The molecule has 0 amide bonds. The van der Waals surface area contributed by atoms with Gasteiger partial charge in [-0.15, -0.1) is 0 Å². The summed E-state index contributed by atoms with van der Waals surface area (Å²) in [7, 11) is 0. The SMILES string of the molecule is Fc1ccc(-c2cnc3nc(C(F)(F)F)ccn23)cc1-c1cnccn1. The Morgan fingerprint density at radius 2 is 1.81 bits per heavy atom. The van der Waals surface area contributed by atoms with E-state index in [1.54, 1.807) is 6.07 Å². The van der Waals surface area contributed by atoms with Crippen LogP contribution in [0.5, 0.6) is 0 Å². The molecule has 130 valence electrons. The molecule has 4 aromatic rings. The van der Waals surface area contributed by atoms with Gasteiger partial charge in [-0.25, -0.2) is 14.4 Å². The third-order valence-corrected chi connectivity index (χ3v) is 3.77. The van der Waals surface area contributed by atoms with Crippen LogP contribution >= 0.6 is 0 Å². The number of halogens is 4. The molecular formula is C17H9F4N5. The zero-order chi connectivity index (χ0) is 18.3. The standard InChI is InChI=1S/C17H9F4N5/c18-12-2-1-10(7-11(12)13-8-22-4-5-23-13)14-9-24-16-25-15(17(19,20)21)3-6-26(14)16/h1-9H. The lowest BCUT2D eigenvalue weighted by molar-refractivity contribution is -0.141. The lowest BCUT2D eigenvalue weighted by atomic mass is 10.1. The molecule has 0 unspecified atom stereocenters. The van der Waals surface area contributed by atoms with Gasteiger partial charge in [0.2, 0.25) is 5.78 Å². The number of fused-ring (bicyclic) bond motifs is 1. The van der Waals surface area contributed by atoms with Crippen molar-refractivity contribution >= 4 is 5.78 Å². The molecule has 3 heterocycles. The van der Waals surface area contributed by atoms with E-state index in [-0.39, 0.29) is 11.3 Å². The Kier molecular flexibility index (Phi) is 3.64. The van der Waals surface area contributed by atoms with E-state index in [4.69, 9.17) is 0 Å². The summed E-state index contributed by atoms with van der Waals surface area (Å²) in [6.45, 7) is 0. The minimum absolute atomic E-state index is 0.0970. The minimum Gasteiger partial charge on any atom is -0.284 e. The molecule has 3 aromatic heterocycles. The van der Waals surface area contributed by atoms with Crippen LogP contribution in [0.3, 0.4) is 0 Å². The second kappa shape index (κ2) is 5.87. The number of rotatable bonds is 2. The Labute approximate surface area is 144 Å². The third-order valence-electron chi connectivity index (χ3n) is 3.77. The monoisotopic (exact) mass is 359 g/mol. The highest BCUT2D eigenvalue weighted by molar-refractivity contribution is 5.70. The van der Waals surface area contributed by atoms with Gasteiger partial charge in [0.15, 0.2) is 0 Å². The van der Waals surface area contributed by atoms with Gasteiger partial charge in [0.05, 0.1) is 23.8 Å². The molecule has 0 atom stereocenters. The molecule has 0 N–H and O–H groups in total. The summed E-state index contributed by atoms with van der Waals surface area (Å²) in [6.07, 6.45) is 2.41. The summed E-state index contributed by atoms with van der Waals surface area (Å²) >= 11 is 0. The van der Waals surface area contributed by atoms with E-state index < -0.39 is 17.7 Å². The molecule has 0 aliphatic carbocycles. The van der Waals surface area contributed by atoms with Gasteiger partial charge in [-0.05, 0) is 24.3 Å². The molecule has 0 aliphatic rings. The van der Waals surface area contributed by atoms with Crippen molar-refractivity contribution in [1.82, 2.24) is 24.3 Å². The first-order valence-electron chi connectivity index (χ1n) is 7.41. The fourth-order valence-electron chi connectivity index (χ4n) is 2.56. The normalized spacial score (nSPS) is 11.8. The molecule has 5 nitrogen and oxygen atoms in total. The Morgan fingerprint density at radius 3 is 2.54 bits per heavy atom. The predicted molar refractivity (Wildman–Crippen MR) is 84.4 cm³/mol. The zero-order valence-electron chi connectivity index (χ0n) is 12.9. The number of hydrogen-bond donors (Lipinski definition) is 0. The van der Waals surface area contributed by atoms with Crippen LogP contribution in [0.4, 0.5) is 17.6 Å². The van der Waals surface area contributed by atoms with E-state index in [2.05, 4.69) is 19.9 Å².